The number of hydrogen-bond acceptors (Lipinski definition) is 5. The maximum absolute atomic E-state index is 13.1. The highest BCUT2D eigenvalue weighted by atomic mass is 19.4. The van der Waals surface area contributed by atoms with Crippen LogP contribution in [0.15, 0.2) is 12.3 Å². The maximum atomic E-state index is 13.1. The van der Waals surface area contributed by atoms with Gasteiger partial charge in [-0.05, 0) is 31.7 Å². The molecule has 0 bridgehead atoms. The Morgan fingerprint density at radius 2 is 2.04 bits per heavy atom. The zero-order valence-corrected chi connectivity index (χ0v) is 13.1. The van der Waals surface area contributed by atoms with Gasteiger partial charge >= 0.3 is 6.18 Å². The van der Waals surface area contributed by atoms with Crippen molar-refractivity contribution in [3.05, 3.63) is 29.2 Å². The maximum Gasteiger partial charge on any atom is 0.408 e. The normalized spacial score (nSPS) is 15.9. The van der Waals surface area contributed by atoms with Crippen LogP contribution in [0.4, 0.5) is 13.2 Å². The Hall–Kier alpha value is -2.69. The molecule has 2 aromatic rings. The molecule has 1 fully saturated rings. The van der Waals surface area contributed by atoms with Crippen LogP contribution in [-0.4, -0.2) is 38.6 Å². The molecule has 1 aliphatic carbocycles. The third kappa shape index (κ3) is 3.27. The molecule has 3 rings (SSSR count). The smallest absolute Gasteiger partial charge is 0.340 e. The number of halogens is 3. The van der Waals surface area contributed by atoms with Gasteiger partial charge in [-0.3, -0.25) is 15.0 Å². The number of aromatic nitrogens is 3. The third-order valence-corrected chi connectivity index (χ3v) is 3.99. The number of aryl methyl sites for hydroxylation is 1. The summed E-state index contributed by atoms with van der Waals surface area (Å²) in [5.74, 6) is 2.81. The van der Waals surface area contributed by atoms with E-state index in [9.17, 15) is 22.8 Å². The van der Waals surface area contributed by atoms with Crippen molar-refractivity contribution >= 4 is 17.5 Å². The average Bonchev–Trinajstić information content (AvgIpc) is 3.28. The monoisotopic (exact) mass is 356 g/mol. The summed E-state index contributed by atoms with van der Waals surface area (Å²) in [4.78, 5) is 28.0. The first kappa shape index (κ1) is 17.1. The quantitative estimate of drug-likeness (QED) is 0.424. The number of nitrogens with zero attached hydrogens (tertiary/aromatic N) is 3. The van der Waals surface area contributed by atoms with Crippen molar-refractivity contribution in [2.24, 2.45) is 11.8 Å². The van der Waals surface area contributed by atoms with E-state index in [1.54, 1.807) is 6.92 Å². The van der Waals surface area contributed by atoms with E-state index in [1.165, 1.54) is 10.6 Å². The minimum atomic E-state index is -4.53. The number of fused-ring (bicyclic) bond motifs is 1. The van der Waals surface area contributed by atoms with Gasteiger partial charge in [-0.2, -0.15) is 18.3 Å². The molecule has 134 valence electrons. The second-order valence-corrected chi connectivity index (χ2v) is 5.88. The van der Waals surface area contributed by atoms with Gasteiger partial charge in [0.2, 0.25) is 0 Å². The summed E-state index contributed by atoms with van der Waals surface area (Å²) in [6.07, 6.45) is -2.59. The topological polar surface area (TPSA) is 114 Å². The van der Waals surface area contributed by atoms with E-state index in [0.29, 0.717) is 18.5 Å². The number of nitrogen functional groups attached to an aromatic ring is 1. The molecular formula is C14H15F3N6O2. The molecule has 0 aliphatic heterocycles. The van der Waals surface area contributed by atoms with Crippen molar-refractivity contribution in [2.45, 2.75) is 32.0 Å². The van der Waals surface area contributed by atoms with E-state index in [-0.39, 0.29) is 16.9 Å². The van der Waals surface area contributed by atoms with Gasteiger partial charge in [-0.15, -0.1) is 0 Å². The zero-order chi connectivity index (χ0) is 18.4. The molecule has 0 aromatic carbocycles. The number of nitrogens with two attached hydrogens (primary N) is 1. The largest absolute Gasteiger partial charge is 0.408 e. The minimum absolute atomic E-state index is 0.0205. The summed E-state index contributed by atoms with van der Waals surface area (Å²) in [5.41, 5.74) is 2.14. The Morgan fingerprint density at radius 1 is 1.36 bits per heavy atom. The van der Waals surface area contributed by atoms with Crippen molar-refractivity contribution in [1.82, 2.24) is 25.3 Å². The van der Waals surface area contributed by atoms with Crippen LogP contribution >= 0.6 is 0 Å². The fraction of sp³-hybridized carbons (Fsp3) is 0.429. The second kappa shape index (κ2) is 5.99. The molecule has 0 spiro atoms. The Balaban J connectivity index is 1.96. The first-order valence-electron chi connectivity index (χ1n) is 7.46. The molecule has 2 aromatic heterocycles. The van der Waals surface area contributed by atoms with E-state index in [1.807, 2.05) is 10.7 Å². The van der Waals surface area contributed by atoms with Crippen LogP contribution in [0.25, 0.3) is 5.65 Å². The van der Waals surface area contributed by atoms with Crippen LogP contribution in [-0.2, 0) is 0 Å². The Labute approximate surface area is 139 Å². The van der Waals surface area contributed by atoms with Gasteiger partial charge in [0.15, 0.2) is 5.65 Å². The van der Waals surface area contributed by atoms with Crippen LogP contribution in [0.2, 0.25) is 0 Å². The summed E-state index contributed by atoms with van der Waals surface area (Å²) in [6.45, 7) is 1.61. The van der Waals surface area contributed by atoms with Gasteiger partial charge < -0.3 is 5.32 Å². The average molecular weight is 356 g/mol. The van der Waals surface area contributed by atoms with Gasteiger partial charge in [-0.25, -0.2) is 15.3 Å². The molecule has 0 unspecified atom stereocenters. The highest BCUT2D eigenvalue weighted by Gasteiger charge is 2.49. The Bertz CT molecular complexity index is 843. The fourth-order valence-electron chi connectivity index (χ4n) is 2.58. The molecule has 1 atom stereocenters. The first-order chi connectivity index (χ1) is 11.7. The number of hydrogen-bond donors (Lipinski definition) is 3. The number of carbonyl (C=O) groups excluding carboxylic acids is 2. The van der Waals surface area contributed by atoms with Crippen LogP contribution < -0.4 is 16.6 Å². The van der Waals surface area contributed by atoms with Crippen molar-refractivity contribution in [3.8, 4) is 0 Å². The summed E-state index contributed by atoms with van der Waals surface area (Å²) in [7, 11) is 0. The van der Waals surface area contributed by atoms with Gasteiger partial charge in [0, 0.05) is 5.69 Å². The van der Waals surface area contributed by atoms with E-state index >= 15 is 0 Å². The van der Waals surface area contributed by atoms with Crippen molar-refractivity contribution in [1.29, 1.82) is 0 Å². The number of nitrogens with one attached hydrogen (secondary N) is 2. The molecule has 2 amide bonds. The molecule has 1 saturated carbocycles. The number of alkyl halides is 3. The van der Waals surface area contributed by atoms with E-state index in [4.69, 9.17) is 5.84 Å². The minimum Gasteiger partial charge on any atom is -0.340 e. The molecular weight excluding hydrogens is 341 g/mol. The predicted molar refractivity (Wildman–Crippen MR) is 79.4 cm³/mol. The fourth-order valence-corrected chi connectivity index (χ4v) is 2.58. The molecule has 0 saturated heterocycles. The number of carbonyl (C=O) groups is 2. The number of rotatable bonds is 4. The van der Waals surface area contributed by atoms with Gasteiger partial charge in [0.25, 0.3) is 11.8 Å². The third-order valence-electron chi connectivity index (χ3n) is 3.99. The van der Waals surface area contributed by atoms with Gasteiger partial charge in [0.05, 0.1) is 6.20 Å². The lowest BCUT2D eigenvalue weighted by molar-refractivity contribution is -0.158. The van der Waals surface area contributed by atoms with Crippen molar-refractivity contribution in [3.63, 3.8) is 0 Å². The van der Waals surface area contributed by atoms with E-state index in [0.717, 1.165) is 6.20 Å². The molecule has 11 heteroatoms. The summed E-state index contributed by atoms with van der Waals surface area (Å²) >= 11 is 0. The molecule has 25 heavy (non-hydrogen) atoms. The Morgan fingerprint density at radius 3 is 2.60 bits per heavy atom. The predicted octanol–water partition coefficient (Wildman–Crippen LogP) is 0.712. The molecule has 0 radical (unpaired) electrons. The van der Waals surface area contributed by atoms with Crippen LogP contribution in [0.1, 0.15) is 39.4 Å². The summed E-state index contributed by atoms with van der Waals surface area (Å²) in [6, 6.07) is -0.515. The zero-order valence-electron chi connectivity index (χ0n) is 13.1. The van der Waals surface area contributed by atoms with Gasteiger partial charge in [0.1, 0.15) is 17.3 Å². The highest BCUT2D eigenvalue weighted by Crippen LogP contribution is 2.40. The number of hydrazine groups is 1. The molecule has 2 heterocycles. The number of amides is 2. The van der Waals surface area contributed by atoms with Crippen molar-refractivity contribution in [2.75, 3.05) is 0 Å². The van der Waals surface area contributed by atoms with Crippen molar-refractivity contribution < 1.29 is 22.8 Å². The summed E-state index contributed by atoms with van der Waals surface area (Å²) in [5, 5.41) is 5.96. The molecule has 8 nitrogen and oxygen atoms in total. The highest BCUT2D eigenvalue weighted by molar-refractivity contribution is 6.00. The summed E-state index contributed by atoms with van der Waals surface area (Å²) < 4.78 is 40.5. The lowest BCUT2D eigenvalue weighted by Gasteiger charge is -2.20. The van der Waals surface area contributed by atoms with Crippen LogP contribution in [0.3, 0.4) is 0 Å². The molecule has 4 N–H and O–H groups in total. The Kier molecular flexibility index (Phi) is 4.11. The van der Waals surface area contributed by atoms with Gasteiger partial charge in [-0.1, -0.05) is 0 Å². The van der Waals surface area contributed by atoms with E-state index in [2.05, 4.69) is 10.1 Å². The van der Waals surface area contributed by atoms with Crippen LogP contribution in [0.5, 0.6) is 0 Å². The lowest BCUT2D eigenvalue weighted by Crippen LogP contribution is -2.46. The lowest BCUT2D eigenvalue weighted by atomic mass is 10.1. The second-order valence-electron chi connectivity index (χ2n) is 5.88. The molecule has 1 aliphatic rings. The van der Waals surface area contributed by atoms with Crippen LogP contribution in [0, 0.1) is 12.8 Å². The standard InChI is InChI=1S/C14H15F3N6O2/c1-6-4-9(13(25)22-18)20-11-8(5-19-23(6)11)12(24)21-10(7-2-3-7)14(15,16)17/h4-5,7,10H,2-3,18H2,1H3,(H,21,24)(H,22,25)/t10-/m1/s1. The SMILES string of the molecule is Cc1cc(C(=O)NN)nc2c(C(=O)N[C@H](C3CC3)C(F)(F)F)cnn12. The van der Waals surface area contributed by atoms with E-state index < -0.39 is 30.0 Å². The first-order valence-corrected chi connectivity index (χ1v) is 7.46.